The molecule has 2 aromatic carbocycles. The molecular weight excluding hydrogens is 316 g/mol. The molecule has 1 aliphatic heterocycles. The molecule has 2 heterocycles. The molecule has 0 spiro atoms. The lowest BCUT2D eigenvalue weighted by Crippen LogP contribution is -2.20. The summed E-state index contributed by atoms with van der Waals surface area (Å²) in [6.45, 7) is 2.63. The van der Waals surface area contributed by atoms with Crippen molar-refractivity contribution in [2.24, 2.45) is 0 Å². The van der Waals surface area contributed by atoms with E-state index >= 15 is 0 Å². The van der Waals surface area contributed by atoms with Crippen LogP contribution in [0.3, 0.4) is 0 Å². The Labute approximate surface area is 143 Å². The lowest BCUT2D eigenvalue weighted by atomic mass is 10.1. The van der Waals surface area contributed by atoms with Gasteiger partial charge < -0.3 is 5.11 Å². The molecule has 4 rings (SSSR count). The summed E-state index contributed by atoms with van der Waals surface area (Å²) >= 11 is 0. The Morgan fingerprint density at radius 3 is 2.68 bits per heavy atom. The number of aromatic nitrogens is 2. The number of nitrogens with zero attached hydrogens (tertiary/aromatic N) is 2. The third-order valence-corrected chi connectivity index (χ3v) is 4.51. The Bertz CT molecular complexity index is 1090. The van der Waals surface area contributed by atoms with Gasteiger partial charge in [0.25, 0.3) is 5.56 Å². The predicted molar refractivity (Wildman–Crippen MR) is 96.6 cm³/mol. The SMILES string of the molecule is Cc1ccc(/C=C2/CCn3c2nc2cc(C(=O)O)ccc2c3=O)cc1. The van der Waals surface area contributed by atoms with Crippen molar-refractivity contribution in [1.29, 1.82) is 0 Å². The molecule has 1 aromatic heterocycles. The molecule has 0 saturated heterocycles. The first-order valence-corrected chi connectivity index (χ1v) is 8.08. The van der Waals surface area contributed by atoms with Gasteiger partial charge in [-0.2, -0.15) is 0 Å². The molecule has 5 heteroatoms. The summed E-state index contributed by atoms with van der Waals surface area (Å²) in [5, 5.41) is 9.60. The average Bonchev–Trinajstić information content (AvgIpc) is 2.99. The minimum absolute atomic E-state index is 0.121. The van der Waals surface area contributed by atoms with Crippen LogP contribution in [-0.2, 0) is 6.54 Å². The Kier molecular flexibility index (Phi) is 3.50. The number of fused-ring (bicyclic) bond motifs is 2. The summed E-state index contributed by atoms with van der Waals surface area (Å²) < 4.78 is 1.67. The highest BCUT2D eigenvalue weighted by Crippen LogP contribution is 2.27. The second kappa shape index (κ2) is 5.70. The zero-order valence-electron chi connectivity index (χ0n) is 13.7. The molecule has 5 nitrogen and oxygen atoms in total. The van der Waals surface area contributed by atoms with Crippen LogP contribution in [0, 0.1) is 6.92 Å². The summed E-state index contributed by atoms with van der Waals surface area (Å²) in [5.74, 6) is -0.402. The van der Waals surface area contributed by atoms with E-state index in [9.17, 15) is 9.59 Å². The highest BCUT2D eigenvalue weighted by atomic mass is 16.4. The van der Waals surface area contributed by atoms with Crippen molar-refractivity contribution in [3.63, 3.8) is 0 Å². The van der Waals surface area contributed by atoms with Crippen molar-refractivity contribution in [3.05, 3.63) is 75.3 Å². The van der Waals surface area contributed by atoms with E-state index < -0.39 is 5.97 Å². The quantitative estimate of drug-likeness (QED) is 0.781. The molecule has 1 aliphatic rings. The van der Waals surface area contributed by atoms with Gasteiger partial charge in [-0.25, -0.2) is 9.78 Å². The van der Waals surface area contributed by atoms with E-state index in [1.807, 2.05) is 37.3 Å². The van der Waals surface area contributed by atoms with Gasteiger partial charge in [0.2, 0.25) is 0 Å². The molecule has 3 aromatic rings. The van der Waals surface area contributed by atoms with E-state index in [2.05, 4.69) is 4.98 Å². The maximum Gasteiger partial charge on any atom is 0.335 e. The van der Waals surface area contributed by atoms with Crippen LogP contribution < -0.4 is 5.56 Å². The van der Waals surface area contributed by atoms with Crippen molar-refractivity contribution in [2.45, 2.75) is 19.9 Å². The van der Waals surface area contributed by atoms with Gasteiger partial charge in [0.15, 0.2) is 0 Å². The summed E-state index contributed by atoms with van der Waals surface area (Å²) in [4.78, 5) is 28.5. The number of hydrogen-bond acceptors (Lipinski definition) is 3. The van der Waals surface area contributed by atoms with Gasteiger partial charge in [-0.3, -0.25) is 9.36 Å². The summed E-state index contributed by atoms with van der Waals surface area (Å²) in [5.41, 5.74) is 3.67. The smallest absolute Gasteiger partial charge is 0.335 e. The molecule has 0 fully saturated rings. The van der Waals surface area contributed by atoms with Crippen LogP contribution in [0.25, 0.3) is 22.6 Å². The van der Waals surface area contributed by atoms with E-state index in [4.69, 9.17) is 5.11 Å². The van der Waals surface area contributed by atoms with E-state index in [1.54, 1.807) is 10.6 Å². The highest BCUT2D eigenvalue weighted by molar-refractivity contribution is 5.93. The largest absolute Gasteiger partial charge is 0.478 e. The molecule has 1 N–H and O–H groups in total. The second-order valence-corrected chi connectivity index (χ2v) is 6.26. The number of carboxylic acid groups (broad SMARTS) is 1. The Morgan fingerprint density at radius 1 is 1.20 bits per heavy atom. The van der Waals surface area contributed by atoms with Crippen LogP contribution in [0.15, 0.2) is 47.3 Å². The van der Waals surface area contributed by atoms with Crippen LogP contribution in [0.5, 0.6) is 0 Å². The Balaban J connectivity index is 1.88. The summed E-state index contributed by atoms with van der Waals surface area (Å²) in [7, 11) is 0. The zero-order chi connectivity index (χ0) is 17.6. The number of aryl methyl sites for hydroxylation is 1. The van der Waals surface area contributed by atoms with Crippen LogP contribution in [0.1, 0.15) is 33.7 Å². The third-order valence-electron chi connectivity index (χ3n) is 4.51. The Morgan fingerprint density at radius 2 is 1.96 bits per heavy atom. The fourth-order valence-electron chi connectivity index (χ4n) is 3.15. The van der Waals surface area contributed by atoms with Gasteiger partial charge in [-0.15, -0.1) is 0 Å². The maximum absolute atomic E-state index is 12.7. The monoisotopic (exact) mass is 332 g/mol. The van der Waals surface area contributed by atoms with Gasteiger partial charge in [0.05, 0.1) is 16.5 Å². The number of carbonyl (C=O) groups is 1. The maximum atomic E-state index is 12.7. The average molecular weight is 332 g/mol. The number of hydrogen-bond donors (Lipinski definition) is 1. The topological polar surface area (TPSA) is 72.2 Å². The van der Waals surface area contributed by atoms with Gasteiger partial charge >= 0.3 is 5.97 Å². The lowest BCUT2D eigenvalue weighted by Gasteiger charge is -2.06. The van der Waals surface area contributed by atoms with E-state index in [-0.39, 0.29) is 11.1 Å². The second-order valence-electron chi connectivity index (χ2n) is 6.26. The van der Waals surface area contributed by atoms with Crippen LogP contribution in [0.4, 0.5) is 0 Å². The first kappa shape index (κ1) is 15.3. The zero-order valence-corrected chi connectivity index (χ0v) is 13.7. The number of rotatable bonds is 2. The molecular formula is C20H16N2O3. The van der Waals surface area contributed by atoms with Crippen LogP contribution in [0.2, 0.25) is 0 Å². The fourth-order valence-corrected chi connectivity index (χ4v) is 3.15. The first-order chi connectivity index (χ1) is 12.0. The first-order valence-electron chi connectivity index (χ1n) is 8.08. The third kappa shape index (κ3) is 2.63. The van der Waals surface area contributed by atoms with Crippen LogP contribution in [-0.4, -0.2) is 20.6 Å². The molecule has 0 radical (unpaired) electrons. The lowest BCUT2D eigenvalue weighted by molar-refractivity contribution is 0.0697. The number of aromatic carboxylic acids is 1. The van der Waals surface area contributed by atoms with Crippen molar-refractivity contribution in [2.75, 3.05) is 0 Å². The molecule has 0 aliphatic carbocycles. The molecule has 0 unspecified atom stereocenters. The molecule has 25 heavy (non-hydrogen) atoms. The normalized spacial score (nSPS) is 14.8. The van der Waals surface area contributed by atoms with Crippen molar-refractivity contribution in [3.8, 4) is 0 Å². The summed E-state index contributed by atoms with van der Waals surface area (Å²) in [6.07, 6.45) is 2.77. The van der Waals surface area contributed by atoms with Crippen molar-refractivity contribution < 1.29 is 9.90 Å². The van der Waals surface area contributed by atoms with Gasteiger partial charge in [-0.1, -0.05) is 29.8 Å². The number of benzene rings is 2. The van der Waals surface area contributed by atoms with Gasteiger partial charge in [-0.05, 0) is 48.8 Å². The molecule has 0 atom stereocenters. The Hall–Kier alpha value is -3.21. The van der Waals surface area contributed by atoms with E-state index in [0.717, 1.165) is 17.6 Å². The fraction of sp³-hybridized carbons (Fsp3) is 0.150. The number of carboxylic acids is 1. The molecule has 0 amide bonds. The van der Waals surface area contributed by atoms with E-state index in [0.29, 0.717) is 23.3 Å². The molecule has 0 bridgehead atoms. The van der Waals surface area contributed by atoms with Crippen molar-refractivity contribution in [1.82, 2.24) is 9.55 Å². The van der Waals surface area contributed by atoms with Crippen LogP contribution >= 0.6 is 0 Å². The minimum Gasteiger partial charge on any atom is -0.478 e. The van der Waals surface area contributed by atoms with Crippen molar-refractivity contribution >= 4 is 28.5 Å². The number of allylic oxidation sites excluding steroid dienone is 1. The highest BCUT2D eigenvalue weighted by Gasteiger charge is 2.21. The van der Waals surface area contributed by atoms with E-state index in [1.165, 1.54) is 17.7 Å². The molecule has 124 valence electrons. The predicted octanol–water partition coefficient (Wildman–Crippen LogP) is 3.35. The standard InChI is InChI=1S/C20H16N2O3/c1-12-2-4-13(5-3-12)10-14-8-9-22-18(14)21-17-11-15(20(24)25)6-7-16(17)19(22)23/h2-7,10-11H,8-9H2,1H3,(H,24,25)/b14-10-. The van der Waals surface area contributed by atoms with Gasteiger partial charge in [0, 0.05) is 6.54 Å². The summed E-state index contributed by atoms with van der Waals surface area (Å²) in [6, 6.07) is 12.6. The minimum atomic E-state index is -1.03. The molecule has 0 saturated carbocycles. The van der Waals surface area contributed by atoms with Gasteiger partial charge in [0.1, 0.15) is 5.82 Å².